The van der Waals surface area contributed by atoms with Crippen LogP contribution in [0.15, 0.2) is 12.3 Å². The Kier molecular flexibility index (Phi) is 5.06. The number of hydrogen-bond acceptors (Lipinski definition) is 3. The van der Waals surface area contributed by atoms with Crippen LogP contribution in [0, 0.1) is 0 Å². The molecule has 3 rings (SSSR count). The Balaban J connectivity index is 1.66. The molecule has 1 amide bonds. The maximum Gasteiger partial charge on any atom is 0.267 e. The minimum Gasteiger partial charge on any atom is -0.379 e. The smallest absolute Gasteiger partial charge is 0.267 e. The van der Waals surface area contributed by atoms with E-state index in [2.05, 4.69) is 15.2 Å². The molecular weight excluding hydrogens is 302 g/mol. The summed E-state index contributed by atoms with van der Waals surface area (Å²) in [7, 11) is 0. The third kappa shape index (κ3) is 3.47. The predicted octanol–water partition coefficient (Wildman–Crippen LogP) is 2.43. The van der Waals surface area contributed by atoms with Gasteiger partial charge in [0.05, 0.1) is 18.2 Å². The monoisotopic (exact) mass is 325 g/mol. The van der Waals surface area contributed by atoms with E-state index in [0.717, 1.165) is 39.1 Å². The molecule has 0 spiro atoms. The highest BCUT2D eigenvalue weighted by atomic mass is 35.5. The lowest BCUT2D eigenvalue weighted by molar-refractivity contribution is -0.0361. The highest BCUT2D eigenvalue weighted by Gasteiger charge is 2.38. The Morgan fingerprint density at radius 2 is 2.05 bits per heavy atom. The zero-order valence-electron chi connectivity index (χ0n) is 12.9. The number of aromatic amines is 1. The molecule has 1 saturated carbocycles. The maximum absolute atomic E-state index is 12.3. The SMILES string of the molecule is O=C(NCC1(N2CCOCC2)CCCCC1)c1cc(Cl)c[nH]1. The summed E-state index contributed by atoms with van der Waals surface area (Å²) in [6, 6.07) is 1.67. The molecule has 1 aromatic heterocycles. The number of rotatable bonds is 4. The number of amides is 1. The van der Waals surface area contributed by atoms with Gasteiger partial charge in [-0.25, -0.2) is 0 Å². The van der Waals surface area contributed by atoms with Gasteiger partial charge in [0.2, 0.25) is 0 Å². The van der Waals surface area contributed by atoms with Crippen molar-refractivity contribution in [1.29, 1.82) is 0 Å². The first kappa shape index (κ1) is 15.8. The summed E-state index contributed by atoms with van der Waals surface area (Å²) in [5.41, 5.74) is 0.617. The van der Waals surface area contributed by atoms with Crippen LogP contribution in [0.1, 0.15) is 42.6 Å². The van der Waals surface area contributed by atoms with Gasteiger partial charge in [0.25, 0.3) is 5.91 Å². The van der Waals surface area contributed by atoms with Gasteiger partial charge < -0.3 is 15.0 Å². The van der Waals surface area contributed by atoms with E-state index in [9.17, 15) is 4.79 Å². The van der Waals surface area contributed by atoms with Crippen LogP contribution < -0.4 is 5.32 Å². The molecule has 1 aliphatic heterocycles. The number of halogens is 1. The molecule has 6 heteroatoms. The second-order valence-corrected chi connectivity index (χ2v) is 6.74. The Bertz CT molecular complexity index is 505. The second-order valence-electron chi connectivity index (χ2n) is 6.30. The van der Waals surface area contributed by atoms with Gasteiger partial charge in [-0.15, -0.1) is 0 Å². The highest BCUT2D eigenvalue weighted by molar-refractivity contribution is 6.30. The number of nitrogens with zero attached hydrogens (tertiary/aromatic N) is 1. The van der Waals surface area contributed by atoms with E-state index in [0.29, 0.717) is 17.3 Å². The van der Waals surface area contributed by atoms with E-state index in [-0.39, 0.29) is 11.4 Å². The number of H-pyrrole nitrogens is 1. The van der Waals surface area contributed by atoms with Gasteiger partial charge in [-0.3, -0.25) is 9.69 Å². The Morgan fingerprint density at radius 3 is 2.68 bits per heavy atom. The first-order valence-corrected chi connectivity index (χ1v) is 8.52. The number of morpholine rings is 1. The molecule has 1 saturated heterocycles. The lowest BCUT2D eigenvalue weighted by atomic mass is 9.79. The minimum absolute atomic E-state index is 0.0786. The van der Waals surface area contributed by atoms with Crippen molar-refractivity contribution in [3.8, 4) is 0 Å². The topological polar surface area (TPSA) is 57.4 Å². The Hall–Kier alpha value is -1.04. The van der Waals surface area contributed by atoms with E-state index < -0.39 is 0 Å². The summed E-state index contributed by atoms with van der Waals surface area (Å²) >= 11 is 5.87. The lowest BCUT2D eigenvalue weighted by Crippen LogP contribution is -2.59. The van der Waals surface area contributed by atoms with Gasteiger partial charge in [-0.05, 0) is 18.9 Å². The van der Waals surface area contributed by atoms with Crippen molar-refractivity contribution in [1.82, 2.24) is 15.2 Å². The van der Waals surface area contributed by atoms with Crippen molar-refractivity contribution < 1.29 is 9.53 Å². The summed E-state index contributed by atoms with van der Waals surface area (Å²) < 4.78 is 5.48. The molecule has 0 bridgehead atoms. The molecule has 22 heavy (non-hydrogen) atoms. The number of aromatic nitrogens is 1. The molecule has 0 unspecified atom stereocenters. The summed E-state index contributed by atoms with van der Waals surface area (Å²) in [6.45, 7) is 4.21. The first-order chi connectivity index (χ1) is 10.7. The van der Waals surface area contributed by atoms with Crippen LogP contribution in [-0.4, -0.2) is 54.2 Å². The van der Waals surface area contributed by atoms with Crippen molar-refractivity contribution in [2.24, 2.45) is 0 Å². The molecule has 2 aliphatic rings. The van der Waals surface area contributed by atoms with Crippen LogP contribution in [0.5, 0.6) is 0 Å². The van der Waals surface area contributed by atoms with Gasteiger partial charge >= 0.3 is 0 Å². The molecule has 1 aromatic rings. The van der Waals surface area contributed by atoms with Crippen LogP contribution in [0.4, 0.5) is 0 Å². The lowest BCUT2D eigenvalue weighted by Gasteiger charge is -2.48. The summed E-state index contributed by atoms with van der Waals surface area (Å²) in [5, 5.41) is 3.67. The largest absolute Gasteiger partial charge is 0.379 e. The number of carbonyl (C=O) groups is 1. The molecular formula is C16H24ClN3O2. The van der Waals surface area contributed by atoms with E-state index in [4.69, 9.17) is 16.3 Å². The average molecular weight is 326 g/mol. The third-order valence-electron chi connectivity index (χ3n) is 4.94. The van der Waals surface area contributed by atoms with Gasteiger partial charge in [-0.1, -0.05) is 30.9 Å². The van der Waals surface area contributed by atoms with Crippen LogP contribution in [-0.2, 0) is 4.74 Å². The van der Waals surface area contributed by atoms with Crippen LogP contribution in [0.25, 0.3) is 0 Å². The highest BCUT2D eigenvalue weighted by Crippen LogP contribution is 2.33. The van der Waals surface area contributed by atoms with Crippen LogP contribution in [0.3, 0.4) is 0 Å². The van der Waals surface area contributed by atoms with Crippen molar-refractivity contribution in [2.45, 2.75) is 37.6 Å². The molecule has 0 radical (unpaired) electrons. The van der Waals surface area contributed by atoms with E-state index in [1.807, 2.05) is 0 Å². The zero-order chi connectivity index (χ0) is 15.4. The van der Waals surface area contributed by atoms with E-state index >= 15 is 0 Å². The molecule has 0 aromatic carbocycles. The van der Waals surface area contributed by atoms with Gasteiger partial charge in [-0.2, -0.15) is 0 Å². The van der Waals surface area contributed by atoms with Crippen molar-refractivity contribution in [2.75, 3.05) is 32.8 Å². The Labute approximate surface area is 136 Å². The normalized spacial score (nSPS) is 22.4. The minimum atomic E-state index is -0.0786. The molecule has 2 heterocycles. The molecule has 2 fully saturated rings. The summed E-state index contributed by atoms with van der Waals surface area (Å²) in [6.07, 6.45) is 7.71. The standard InChI is InChI=1S/C16H24ClN3O2/c17-13-10-14(18-11-13)15(21)19-12-16(4-2-1-3-5-16)20-6-8-22-9-7-20/h10-11,18H,1-9,12H2,(H,19,21). The molecule has 1 aliphatic carbocycles. The fourth-order valence-electron chi connectivity index (χ4n) is 3.69. The molecule has 0 atom stereocenters. The molecule has 5 nitrogen and oxygen atoms in total. The average Bonchev–Trinajstić information content (AvgIpc) is 3.01. The summed E-state index contributed by atoms with van der Waals surface area (Å²) in [4.78, 5) is 17.7. The van der Waals surface area contributed by atoms with Gasteiger partial charge in [0, 0.05) is 31.4 Å². The third-order valence-corrected chi connectivity index (χ3v) is 5.15. The predicted molar refractivity (Wildman–Crippen MR) is 86.3 cm³/mol. The van der Waals surface area contributed by atoms with Crippen molar-refractivity contribution >= 4 is 17.5 Å². The fraction of sp³-hybridized carbons (Fsp3) is 0.688. The number of carbonyl (C=O) groups excluding carboxylic acids is 1. The zero-order valence-corrected chi connectivity index (χ0v) is 13.6. The van der Waals surface area contributed by atoms with Crippen LogP contribution in [0.2, 0.25) is 5.02 Å². The molecule has 2 N–H and O–H groups in total. The van der Waals surface area contributed by atoms with Crippen molar-refractivity contribution in [3.63, 3.8) is 0 Å². The van der Waals surface area contributed by atoms with Crippen molar-refractivity contribution in [3.05, 3.63) is 23.0 Å². The Morgan fingerprint density at radius 1 is 1.32 bits per heavy atom. The van der Waals surface area contributed by atoms with E-state index in [1.165, 1.54) is 19.3 Å². The second kappa shape index (κ2) is 7.02. The molecule has 122 valence electrons. The van der Waals surface area contributed by atoms with Crippen LogP contribution >= 0.6 is 11.6 Å². The van der Waals surface area contributed by atoms with E-state index in [1.54, 1.807) is 12.3 Å². The fourth-order valence-corrected chi connectivity index (χ4v) is 3.86. The van der Waals surface area contributed by atoms with Gasteiger partial charge in [0.15, 0.2) is 0 Å². The maximum atomic E-state index is 12.3. The van der Waals surface area contributed by atoms with Gasteiger partial charge in [0.1, 0.15) is 5.69 Å². The number of hydrogen-bond donors (Lipinski definition) is 2. The first-order valence-electron chi connectivity index (χ1n) is 8.15. The quantitative estimate of drug-likeness (QED) is 0.894. The summed E-state index contributed by atoms with van der Waals surface area (Å²) in [5.74, 6) is -0.0786. The number of ether oxygens (including phenoxy) is 1. The number of nitrogens with one attached hydrogen (secondary N) is 2.